The molecule has 0 N–H and O–H groups in total. The molecule has 1 aliphatic rings. The van der Waals surface area contributed by atoms with Crippen molar-refractivity contribution in [3.63, 3.8) is 0 Å². The van der Waals surface area contributed by atoms with E-state index in [1.54, 1.807) is 31.9 Å². The first-order chi connectivity index (χ1) is 15.0. The van der Waals surface area contributed by atoms with E-state index < -0.39 is 5.97 Å². The lowest BCUT2D eigenvalue weighted by atomic mass is 10.0. The van der Waals surface area contributed by atoms with Gasteiger partial charge in [0.2, 0.25) is 0 Å². The molecular formula is C25H27NO5. The molecule has 0 saturated heterocycles. The Morgan fingerprint density at radius 1 is 1.06 bits per heavy atom. The lowest BCUT2D eigenvalue weighted by molar-refractivity contribution is -0.138. The number of carbonyl (C=O) groups is 2. The smallest absolute Gasteiger partial charge is 0.340 e. The molecule has 2 aromatic carbocycles. The van der Waals surface area contributed by atoms with Crippen LogP contribution < -0.4 is 4.74 Å². The van der Waals surface area contributed by atoms with E-state index in [9.17, 15) is 9.59 Å². The highest BCUT2D eigenvalue weighted by atomic mass is 16.5. The second kappa shape index (κ2) is 10.6. The summed E-state index contributed by atoms with van der Waals surface area (Å²) in [6.45, 7) is 4.95. The third-order valence-electron chi connectivity index (χ3n) is 4.95. The monoisotopic (exact) mass is 421 g/mol. The fourth-order valence-electron chi connectivity index (χ4n) is 3.35. The van der Waals surface area contributed by atoms with Gasteiger partial charge in [0.1, 0.15) is 12.4 Å². The van der Waals surface area contributed by atoms with E-state index in [0.717, 1.165) is 16.9 Å². The Hall–Kier alpha value is -3.38. The topological polar surface area (TPSA) is 65.1 Å². The summed E-state index contributed by atoms with van der Waals surface area (Å²) in [5.41, 5.74) is 3.08. The molecule has 1 aliphatic heterocycles. The number of esters is 1. The Morgan fingerprint density at radius 3 is 2.42 bits per heavy atom. The summed E-state index contributed by atoms with van der Waals surface area (Å²) < 4.78 is 16.1. The van der Waals surface area contributed by atoms with E-state index in [-0.39, 0.29) is 12.5 Å². The molecule has 0 unspecified atom stereocenters. The Morgan fingerprint density at radius 2 is 1.77 bits per heavy atom. The fourth-order valence-corrected chi connectivity index (χ4v) is 3.35. The Labute approximate surface area is 182 Å². The van der Waals surface area contributed by atoms with Crippen LogP contribution in [0.15, 0.2) is 71.4 Å². The number of hydrogen-bond acceptors (Lipinski definition) is 5. The van der Waals surface area contributed by atoms with Crippen molar-refractivity contribution < 1.29 is 23.8 Å². The van der Waals surface area contributed by atoms with Gasteiger partial charge in [-0.15, -0.1) is 0 Å². The van der Waals surface area contributed by atoms with Crippen molar-refractivity contribution in [3.8, 4) is 5.75 Å². The molecule has 0 bridgehead atoms. The van der Waals surface area contributed by atoms with Crippen LogP contribution in [-0.2, 0) is 25.7 Å². The van der Waals surface area contributed by atoms with Gasteiger partial charge in [-0.3, -0.25) is 4.79 Å². The zero-order valence-corrected chi connectivity index (χ0v) is 18.1. The van der Waals surface area contributed by atoms with Crippen molar-refractivity contribution in [2.45, 2.75) is 20.5 Å². The molecule has 1 heterocycles. The summed E-state index contributed by atoms with van der Waals surface area (Å²) in [5.74, 6) is -0.00727. The molecule has 6 nitrogen and oxygen atoms in total. The minimum atomic E-state index is -0.498. The normalized spacial score (nSPS) is 15.0. The van der Waals surface area contributed by atoms with Crippen molar-refractivity contribution in [2.75, 3.05) is 26.9 Å². The summed E-state index contributed by atoms with van der Waals surface area (Å²) in [6, 6.07) is 17.3. The van der Waals surface area contributed by atoms with Crippen LogP contribution in [0, 0.1) is 0 Å². The predicted octanol–water partition coefficient (Wildman–Crippen LogP) is 3.97. The Balaban J connectivity index is 1.80. The number of methoxy groups -OCH3 is 1. The van der Waals surface area contributed by atoms with E-state index in [2.05, 4.69) is 0 Å². The van der Waals surface area contributed by atoms with Crippen LogP contribution in [0.2, 0.25) is 0 Å². The number of nitrogens with zero attached hydrogens (tertiary/aromatic N) is 1. The highest BCUT2D eigenvalue weighted by Crippen LogP contribution is 2.31. The summed E-state index contributed by atoms with van der Waals surface area (Å²) >= 11 is 0. The van der Waals surface area contributed by atoms with Gasteiger partial charge in [0.25, 0.3) is 5.91 Å². The molecular weight excluding hydrogens is 394 g/mol. The first-order valence-corrected chi connectivity index (χ1v) is 10.2. The second-order valence-corrected chi connectivity index (χ2v) is 7.03. The molecule has 0 aliphatic carbocycles. The largest absolute Gasteiger partial charge is 0.489 e. The number of ether oxygens (including phenoxy) is 3. The van der Waals surface area contributed by atoms with Gasteiger partial charge in [0.05, 0.1) is 24.4 Å². The molecule has 0 saturated carbocycles. The molecule has 0 spiro atoms. The average Bonchev–Trinajstić information content (AvgIpc) is 3.01. The van der Waals surface area contributed by atoms with E-state index >= 15 is 0 Å². The molecule has 0 aromatic heterocycles. The van der Waals surface area contributed by atoms with Gasteiger partial charge >= 0.3 is 5.97 Å². The fraction of sp³-hybridized carbons (Fsp3) is 0.280. The first kappa shape index (κ1) is 22.3. The molecule has 3 rings (SSSR count). The van der Waals surface area contributed by atoms with Crippen LogP contribution in [0.4, 0.5) is 0 Å². The van der Waals surface area contributed by atoms with E-state index in [4.69, 9.17) is 14.2 Å². The van der Waals surface area contributed by atoms with E-state index in [1.807, 2.05) is 54.6 Å². The minimum Gasteiger partial charge on any atom is -0.489 e. The minimum absolute atomic E-state index is 0.234. The maximum absolute atomic E-state index is 13.0. The number of rotatable bonds is 9. The predicted molar refractivity (Wildman–Crippen MR) is 118 cm³/mol. The Kier molecular flexibility index (Phi) is 7.62. The SMILES string of the molecule is CCOC(=O)C1=C(C)N(CCOC)C(=O)/C1=C\c1ccc(OCc2ccccc2)cc1. The highest BCUT2D eigenvalue weighted by molar-refractivity contribution is 6.16. The van der Waals surface area contributed by atoms with Gasteiger partial charge in [0.15, 0.2) is 0 Å². The standard InChI is InChI=1S/C25H27NO5/c1-4-30-25(28)23-18(2)26(14-15-29-3)24(27)22(23)16-19-10-12-21(13-11-19)31-17-20-8-6-5-7-9-20/h5-13,16H,4,14-15,17H2,1-3H3/b22-16-. The Bertz CT molecular complexity index is 977. The molecule has 0 atom stereocenters. The van der Waals surface area contributed by atoms with Crippen LogP contribution in [0.5, 0.6) is 5.75 Å². The molecule has 2 aromatic rings. The first-order valence-electron chi connectivity index (χ1n) is 10.2. The van der Waals surface area contributed by atoms with Gasteiger partial charge in [-0.1, -0.05) is 42.5 Å². The molecule has 6 heteroatoms. The van der Waals surface area contributed by atoms with Crippen LogP contribution in [-0.4, -0.2) is 43.6 Å². The average molecular weight is 421 g/mol. The van der Waals surface area contributed by atoms with Gasteiger partial charge in [-0.05, 0) is 43.2 Å². The van der Waals surface area contributed by atoms with Crippen molar-refractivity contribution in [2.24, 2.45) is 0 Å². The molecule has 31 heavy (non-hydrogen) atoms. The van der Waals surface area contributed by atoms with Gasteiger partial charge in [-0.2, -0.15) is 0 Å². The maximum atomic E-state index is 13.0. The summed E-state index contributed by atoms with van der Waals surface area (Å²) in [4.78, 5) is 27.1. The lowest BCUT2D eigenvalue weighted by Crippen LogP contribution is -2.28. The zero-order valence-electron chi connectivity index (χ0n) is 18.1. The number of benzene rings is 2. The van der Waals surface area contributed by atoms with E-state index in [0.29, 0.717) is 36.6 Å². The van der Waals surface area contributed by atoms with Crippen LogP contribution in [0.1, 0.15) is 25.0 Å². The van der Waals surface area contributed by atoms with Crippen molar-refractivity contribution in [1.29, 1.82) is 0 Å². The molecule has 1 amide bonds. The third-order valence-corrected chi connectivity index (χ3v) is 4.95. The lowest BCUT2D eigenvalue weighted by Gasteiger charge is -2.16. The van der Waals surface area contributed by atoms with Crippen molar-refractivity contribution in [3.05, 3.63) is 82.6 Å². The second-order valence-electron chi connectivity index (χ2n) is 7.03. The van der Waals surface area contributed by atoms with Crippen LogP contribution in [0.3, 0.4) is 0 Å². The van der Waals surface area contributed by atoms with Gasteiger partial charge in [0, 0.05) is 19.4 Å². The number of hydrogen-bond donors (Lipinski definition) is 0. The van der Waals surface area contributed by atoms with Gasteiger partial charge < -0.3 is 19.1 Å². The van der Waals surface area contributed by atoms with Crippen molar-refractivity contribution >= 4 is 18.0 Å². The van der Waals surface area contributed by atoms with Crippen LogP contribution in [0.25, 0.3) is 6.08 Å². The number of carbonyl (C=O) groups excluding carboxylic acids is 2. The summed E-state index contributed by atoms with van der Waals surface area (Å²) in [5, 5.41) is 0. The molecule has 162 valence electrons. The number of allylic oxidation sites excluding steroid dienone is 1. The zero-order chi connectivity index (χ0) is 22.2. The van der Waals surface area contributed by atoms with E-state index in [1.165, 1.54) is 0 Å². The van der Waals surface area contributed by atoms with Crippen LogP contribution >= 0.6 is 0 Å². The third kappa shape index (κ3) is 5.41. The quantitative estimate of drug-likeness (QED) is 0.453. The molecule has 0 radical (unpaired) electrons. The van der Waals surface area contributed by atoms with Gasteiger partial charge in [-0.25, -0.2) is 4.79 Å². The summed E-state index contributed by atoms with van der Waals surface area (Å²) in [6.07, 6.45) is 1.71. The summed E-state index contributed by atoms with van der Waals surface area (Å²) in [7, 11) is 1.57. The molecule has 0 fully saturated rings. The maximum Gasteiger partial charge on any atom is 0.340 e. The highest BCUT2D eigenvalue weighted by Gasteiger charge is 2.36. The number of amides is 1. The van der Waals surface area contributed by atoms with Crippen molar-refractivity contribution in [1.82, 2.24) is 4.90 Å².